The van der Waals surface area contributed by atoms with Crippen molar-refractivity contribution < 1.29 is 14.6 Å². The Labute approximate surface area is 140 Å². The molecule has 0 saturated carbocycles. The number of ether oxygens (including phenoxy) is 1. The quantitative estimate of drug-likeness (QED) is 0.803. The van der Waals surface area contributed by atoms with Crippen molar-refractivity contribution in [2.75, 3.05) is 13.6 Å². The number of carboxylic acids is 1. The van der Waals surface area contributed by atoms with Crippen LogP contribution >= 0.6 is 11.6 Å². The van der Waals surface area contributed by atoms with E-state index in [0.29, 0.717) is 24.7 Å². The van der Waals surface area contributed by atoms with Crippen LogP contribution in [0.2, 0.25) is 5.02 Å². The van der Waals surface area contributed by atoms with Gasteiger partial charge in [0.2, 0.25) is 0 Å². The molecule has 1 N–H and O–H groups in total. The molecule has 1 heterocycles. The van der Waals surface area contributed by atoms with Crippen molar-refractivity contribution in [3.05, 3.63) is 58.9 Å². The van der Waals surface area contributed by atoms with E-state index >= 15 is 0 Å². The maximum Gasteiger partial charge on any atom is 0.304 e. The number of carbonyl (C=O) groups is 1. The van der Waals surface area contributed by atoms with Crippen LogP contribution in [0.4, 0.5) is 0 Å². The summed E-state index contributed by atoms with van der Waals surface area (Å²) in [4.78, 5) is 16.6. The Balaban J connectivity index is 2.03. The number of carboxylic acid groups (broad SMARTS) is 1. The van der Waals surface area contributed by atoms with Crippen molar-refractivity contribution in [3.63, 3.8) is 0 Å². The van der Waals surface area contributed by atoms with Gasteiger partial charge in [-0.2, -0.15) is 0 Å². The van der Waals surface area contributed by atoms with Crippen LogP contribution in [0.1, 0.15) is 17.5 Å². The van der Waals surface area contributed by atoms with Crippen LogP contribution in [-0.2, 0) is 17.9 Å². The number of nitrogens with zero attached hydrogens (tertiary/aromatic N) is 2. The number of hydrogen-bond donors (Lipinski definition) is 1. The van der Waals surface area contributed by atoms with Crippen molar-refractivity contribution in [2.45, 2.75) is 19.6 Å². The number of benzene rings is 1. The van der Waals surface area contributed by atoms with E-state index in [1.807, 2.05) is 36.2 Å². The van der Waals surface area contributed by atoms with E-state index in [1.165, 1.54) is 0 Å². The molecule has 0 amide bonds. The number of aromatic nitrogens is 1. The number of rotatable bonds is 8. The van der Waals surface area contributed by atoms with Crippen LogP contribution in [0.25, 0.3) is 0 Å². The van der Waals surface area contributed by atoms with Crippen LogP contribution < -0.4 is 4.74 Å². The number of halogens is 1. The Kier molecular flexibility index (Phi) is 6.38. The fraction of sp³-hybridized carbons (Fsp3) is 0.294. The molecule has 0 fully saturated rings. The molecule has 1 aromatic carbocycles. The molecule has 0 radical (unpaired) electrons. The molecule has 0 spiro atoms. The summed E-state index contributed by atoms with van der Waals surface area (Å²) >= 11 is 6.07. The molecule has 0 aliphatic heterocycles. The Morgan fingerprint density at radius 1 is 1.39 bits per heavy atom. The molecule has 0 unspecified atom stereocenters. The Morgan fingerprint density at radius 2 is 2.22 bits per heavy atom. The van der Waals surface area contributed by atoms with Gasteiger partial charge in [-0.3, -0.25) is 9.78 Å². The van der Waals surface area contributed by atoms with E-state index in [2.05, 4.69) is 4.98 Å². The van der Waals surface area contributed by atoms with Gasteiger partial charge in [0.1, 0.15) is 12.4 Å². The van der Waals surface area contributed by atoms with Gasteiger partial charge in [0.15, 0.2) is 0 Å². The van der Waals surface area contributed by atoms with Gasteiger partial charge < -0.3 is 14.7 Å². The molecule has 2 aromatic rings. The monoisotopic (exact) mass is 334 g/mol. The third-order valence-electron chi connectivity index (χ3n) is 3.29. The number of hydrogen-bond acceptors (Lipinski definition) is 4. The van der Waals surface area contributed by atoms with Crippen molar-refractivity contribution in [2.24, 2.45) is 0 Å². The molecule has 122 valence electrons. The minimum absolute atomic E-state index is 0.100. The molecule has 0 bridgehead atoms. The molecular weight excluding hydrogens is 316 g/mol. The van der Waals surface area contributed by atoms with E-state index < -0.39 is 5.97 Å². The predicted octanol–water partition coefficient (Wildman–Crippen LogP) is 3.22. The molecule has 0 aliphatic carbocycles. The summed E-state index contributed by atoms with van der Waals surface area (Å²) in [7, 11) is 1.87. The first-order valence-electron chi connectivity index (χ1n) is 7.25. The average Bonchev–Trinajstić information content (AvgIpc) is 2.53. The van der Waals surface area contributed by atoms with Crippen LogP contribution in [-0.4, -0.2) is 34.6 Å². The summed E-state index contributed by atoms with van der Waals surface area (Å²) in [6.07, 6.45) is 3.58. The fourth-order valence-corrected chi connectivity index (χ4v) is 2.31. The Bertz CT molecular complexity index is 650. The van der Waals surface area contributed by atoms with Crippen molar-refractivity contribution in [3.8, 4) is 5.75 Å². The van der Waals surface area contributed by atoms with Crippen molar-refractivity contribution >= 4 is 17.6 Å². The van der Waals surface area contributed by atoms with Gasteiger partial charge in [0.25, 0.3) is 0 Å². The van der Waals surface area contributed by atoms with Gasteiger partial charge >= 0.3 is 5.97 Å². The lowest BCUT2D eigenvalue weighted by molar-refractivity contribution is -0.137. The topological polar surface area (TPSA) is 62.7 Å². The summed E-state index contributed by atoms with van der Waals surface area (Å²) in [6.45, 7) is 1.45. The standard InChI is InChI=1S/C17H19ClN2O3/c1-20(8-6-17(21)22)11-14-9-15(18)4-5-16(14)23-12-13-3-2-7-19-10-13/h2-5,7,9-10H,6,8,11-12H2,1H3,(H,21,22). The highest BCUT2D eigenvalue weighted by Gasteiger charge is 2.10. The van der Waals surface area contributed by atoms with E-state index in [9.17, 15) is 4.79 Å². The van der Waals surface area contributed by atoms with E-state index in [0.717, 1.165) is 16.9 Å². The Morgan fingerprint density at radius 3 is 2.91 bits per heavy atom. The second-order valence-electron chi connectivity index (χ2n) is 5.28. The van der Waals surface area contributed by atoms with Crippen LogP contribution in [0, 0.1) is 0 Å². The zero-order valence-electron chi connectivity index (χ0n) is 12.9. The second kappa shape index (κ2) is 8.50. The zero-order chi connectivity index (χ0) is 16.7. The molecule has 0 atom stereocenters. The lowest BCUT2D eigenvalue weighted by Crippen LogP contribution is -2.21. The van der Waals surface area contributed by atoms with Crippen LogP contribution in [0.3, 0.4) is 0 Å². The molecular formula is C17H19ClN2O3. The van der Waals surface area contributed by atoms with Gasteiger partial charge in [0.05, 0.1) is 6.42 Å². The summed E-state index contributed by atoms with van der Waals surface area (Å²) < 4.78 is 5.86. The summed E-state index contributed by atoms with van der Waals surface area (Å²) in [5.41, 5.74) is 1.90. The largest absolute Gasteiger partial charge is 0.489 e. The first kappa shape index (κ1) is 17.2. The zero-order valence-corrected chi connectivity index (χ0v) is 13.7. The van der Waals surface area contributed by atoms with Gasteiger partial charge in [-0.1, -0.05) is 17.7 Å². The van der Waals surface area contributed by atoms with E-state index in [-0.39, 0.29) is 6.42 Å². The maximum atomic E-state index is 10.7. The highest BCUT2D eigenvalue weighted by atomic mass is 35.5. The molecule has 0 saturated heterocycles. The first-order chi connectivity index (χ1) is 11.0. The summed E-state index contributed by atoms with van der Waals surface area (Å²) in [6, 6.07) is 9.26. The highest BCUT2D eigenvalue weighted by molar-refractivity contribution is 6.30. The minimum Gasteiger partial charge on any atom is -0.489 e. The smallest absolute Gasteiger partial charge is 0.304 e. The van der Waals surface area contributed by atoms with Crippen LogP contribution in [0.15, 0.2) is 42.7 Å². The van der Waals surface area contributed by atoms with Crippen molar-refractivity contribution in [1.82, 2.24) is 9.88 Å². The first-order valence-corrected chi connectivity index (χ1v) is 7.63. The molecule has 6 heteroatoms. The molecule has 2 rings (SSSR count). The van der Waals surface area contributed by atoms with Gasteiger partial charge in [-0.15, -0.1) is 0 Å². The third-order valence-corrected chi connectivity index (χ3v) is 3.52. The second-order valence-corrected chi connectivity index (χ2v) is 5.72. The lowest BCUT2D eigenvalue weighted by Gasteiger charge is -2.18. The average molecular weight is 335 g/mol. The fourth-order valence-electron chi connectivity index (χ4n) is 2.11. The molecule has 23 heavy (non-hydrogen) atoms. The summed E-state index contributed by atoms with van der Waals surface area (Å²) in [5, 5.41) is 9.38. The number of aliphatic carboxylic acids is 1. The Hall–Kier alpha value is -2.11. The van der Waals surface area contributed by atoms with E-state index in [4.69, 9.17) is 21.4 Å². The minimum atomic E-state index is -0.809. The molecule has 5 nitrogen and oxygen atoms in total. The molecule has 1 aromatic heterocycles. The van der Waals surface area contributed by atoms with Crippen molar-refractivity contribution in [1.29, 1.82) is 0 Å². The van der Waals surface area contributed by atoms with Gasteiger partial charge in [-0.05, 0) is 31.3 Å². The maximum absolute atomic E-state index is 10.7. The van der Waals surface area contributed by atoms with E-state index in [1.54, 1.807) is 18.5 Å². The lowest BCUT2D eigenvalue weighted by atomic mass is 10.2. The molecule has 0 aliphatic rings. The number of pyridine rings is 1. The van der Waals surface area contributed by atoms with Gasteiger partial charge in [-0.25, -0.2) is 0 Å². The normalized spacial score (nSPS) is 10.7. The highest BCUT2D eigenvalue weighted by Crippen LogP contribution is 2.25. The van der Waals surface area contributed by atoms with Gasteiger partial charge in [0, 0.05) is 41.6 Å². The van der Waals surface area contributed by atoms with Crippen LogP contribution in [0.5, 0.6) is 5.75 Å². The third kappa shape index (κ3) is 5.88. The SMILES string of the molecule is CN(CCC(=O)O)Cc1cc(Cl)ccc1OCc1cccnc1. The predicted molar refractivity (Wildman–Crippen MR) is 88.6 cm³/mol. The summed E-state index contributed by atoms with van der Waals surface area (Å²) in [5.74, 6) is -0.0728.